The highest BCUT2D eigenvalue weighted by Crippen LogP contribution is 2.13. The van der Waals surface area contributed by atoms with E-state index in [1.54, 1.807) is 20.8 Å². The summed E-state index contributed by atoms with van der Waals surface area (Å²) in [4.78, 5) is 36.3. The number of amides is 2. The number of benzene rings is 2. The second kappa shape index (κ2) is 11.7. The maximum Gasteiger partial charge on any atom is 0.407 e. The summed E-state index contributed by atoms with van der Waals surface area (Å²) in [5, 5.41) is 14.7. The van der Waals surface area contributed by atoms with Crippen LogP contribution in [0, 0.1) is 0 Å². The number of carboxylic acid groups (broad SMARTS) is 1. The van der Waals surface area contributed by atoms with Gasteiger partial charge >= 0.3 is 18.2 Å². The van der Waals surface area contributed by atoms with Crippen LogP contribution in [0.4, 0.5) is 9.59 Å². The van der Waals surface area contributed by atoms with E-state index in [9.17, 15) is 19.5 Å². The number of alkyl carbamates (subject to hydrolysis) is 2. The zero-order valence-electron chi connectivity index (χ0n) is 18.5. The lowest BCUT2D eigenvalue weighted by atomic mass is 9.97. The molecule has 2 amide bonds. The predicted octanol–water partition coefficient (Wildman–Crippen LogP) is 3.89. The van der Waals surface area contributed by atoms with Gasteiger partial charge in [0, 0.05) is 0 Å². The lowest BCUT2D eigenvalue weighted by Crippen LogP contribution is -2.54. The third-order valence-corrected chi connectivity index (χ3v) is 4.40. The number of carboxylic acids is 1. The van der Waals surface area contributed by atoms with Crippen LogP contribution < -0.4 is 10.6 Å². The summed E-state index contributed by atoms with van der Waals surface area (Å²) < 4.78 is 10.6. The van der Waals surface area contributed by atoms with Gasteiger partial charge in [0.2, 0.25) is 0 Å². The highest BCUT2D eigenvalue weighted by molar-refractivity contribution is 5.73. The van der Waals surface area contributed by atoms with E-state index in [1.165, 1.54) is 0 Å². The molecule has 0 saturated carbocycles. The number of aliphatic carboxylic acids is 1. The van der Waals surface area contributed by atoms with E-state index in [4.69, 9.17) is 9.47 Å². The largest absolute Gasteiger partial charge is 0.481 e. The van der Waals surface area contributed by atoms with Gasteiger partial charge in [-0.1, -0.05) is 60.7 Å². The van der Waals surface area contributed by atoms with Crippen LogP contribution in [0.15, 0.2) is 60.7 Å². The molecule has 0 heterocycles. The normalized spacial score (nSPS) is 12.8. The topological polar surface area (TPSA) is 114 Å². The first-order valence-corrected chi connectivity index (χ1v) is 10.3. The number of hydrogen-bond acceptors (Lipinski definition) is 5. The fourth-order valence-corrected chi connectivity index (χ4v) is 3.02. The number of carbonyl (C=O) groups is 3. The van der Waals surface area contributed by atoms with Gasteiger partial charge in [-0.2, -0.15) is 0 Å². The Balaban J connectivity index is 2.14. The van der Waals surface area contributed by atoms with Gasteiger partial charge in [0.1, 0.15) is 12.2 Å². The average molecular weight is 443 g/mol. The Kier molecular flexibility index (Phi) is 9.07. The molecule has 0 unspecified atom stereocenters. The summed E-state index contributed by atoms with van der Waals surface area (Å²) >= 11 is 0. The average Bonchev–Trinajstić information content (AvgIpc) is 2.71. The van der Waals surface area contributed by atoms with E-state index >= 15 is 0 Å². The molecule has 2 aromatic rings. The summed E-state index contributed by atoms with van der Waals surface area (Å²) in [7, 11) is 0. The molecule has 2 rings (SSSR count). The maximum absolute atomic E-state index is 12.4. The number of nitrogens with one attached hydrogen (secondary N) is 2. The molecule has 0 bridgehead atoms. The monoisotopic (exact) mass is 442 g/mol. The molecular formula is C24H30N2O6. The van der Waals surface area contributed by atoms with Crippen molar-refractivity contribution in [1.29, 1.82) is 0 Å². The molecule has 0 spiro atoms. The van der Waals surface area contributed by atoms with Crippen LogP contribution >= 0.6 is 0 Å². The second-order valence-corrected chi connectivity index (χ2v) is 8.35. The van der Waals surface area contributed by atoms with Crippen molar-refractivity contribution < 1.29 is 29.0 Å². The Morgan fingerprint density at radius 2 is 1.38 bits per heavy atom. The summed E-state index contributed by atoms with van der Waals surface area (Å²) in [6, 6.07) is 16.7. The van der Waals surface area contributed by atoms with E-state index in [0.717, 1.165) is 11.1 Å². The van der Waals surface area contributed by atoms with Gasteiger partial charge in [-0.25, -0.2) is 9.59 Å². The standard InChI is InChI=1S/C24H30N2O6/c1-24(2,3)32-23(30)26-19(14-17-10-6-4-7-11-17)20(15-21(27)28)25-22(29)31-16-18-12-8-5-9-13-18/h4-13,19-20H,14-16H2,1-3H3,(H,25,29)(H,26,30)(H,27,28)/t19-,20-/m0/s1. The van der Waals surface area contributed by atoms with Crippen LogP contribution in [-0.2, 0) is 27.3 Å². The van der Waals surface area contributed by atoms with Crippen LogP contribution in [0.3, 0.4) is 0 Å². The molecular weight excluding hydrogens is 412 g/mol. The maximum atomic E-state index is 12.4. The minimum atomic E-state index is -1.12. The van der Waals surface area contributed by atoms with Crippen molar-refractivity contribution in [2.45, 2.75) is 57.9 Å². The van der Waals surface area contributed by atoms with Gasteiger partial charge in [0.25, 0.3) is 0 Å². The third kappa shape index (κ3) is 9.51. The van der Waals surface area contributed by atoms with Crippen molar-refractivity contribution in [2.24, 2.45) is 0 Å². The van der Waals surface area contributed by atoms with E-state index in [0.29, 0.717) is 0 Å². The minimum Gasteiger partial charge on any atom is -0.481 e. The molecule has 8 heteroatoms. The van der Waals surface area contributed by atoms with Crippen LogP contribution in [0.2, 0.25) is 0 Å². The van der Waals surface area contributed by atoms with Crippen LogP contribution in [0.5, 0.6) is 0 Å². The molecule has 2 atom stereocenters. The Morgan fingerprint density at radius 1 is 0.844 bits per heavy atom. The SMILES string of the molecule is CC(C)(C)OC(=O)N[C@@H](Cc1ccccc1)[C@H](CC(=O)O)NC(=O)OCc1ccccc1. The molecule has 0 fully saturated rings. The summed E-state index contributed by atoms with van der Waals surface area (Å²) in [5.41, 5.74) is 0.930. The molecule has 3 N–H and O–H groups in total. The number of rotatable bonds is 9. The van der Waals surface area contributed by atoms with Crippen molar-refractivity contribution in [3.63, 3.8) is 0 Å². The van der Waals surface area contributed by atoms with Gasteiger partial charge in [0.15, 0.2) is 0 Å². The molecule has 0 saturated heterocycles. The van der Waals surface area contributed by atoms with Crippen molar-refractivity contribution in [3.05, 3.63) is 71.8 Å². The first kappa shape index (κ1) is 24.7. The quantitative estimate of drug-likeness (QED) is 0.543. The molecule has 0 aliphatic carbocycles. The van der Waals surface area contributed by atoms with Crippen LogP contribution in [0.1, 0.15) is 38.3 Å². The van der Waals surface area contributed by atoms with Crippen molar-refractivity contribution in [1.82, 2.24) is 10.6 Å². The highest BCUT2D eigenvalue weighted by Gasteiger charge is 2.29. The first-order valence-electron chi connectivity index (χ1n) is 10.3. The minimum absolute atomic E-state index is 0.0370. The Labute approximate surface area is 187 Å². The molecule has 172 valence electrons. The molecule has 32 heavy (non-hydrogen) atoms. The fraction of sp³-hybridized carbons (Fsp3) is 0.375. The van der Waals surface area contributed by atoms with Gasteiger partial charge < -0.3 is 25.2 Å². The lowest BCUT2D eigenvalue weighted by Gasteiger charge is -2.29. The summed E-state index contributed by atoms with van der Waals surface area (Å²) in [6.45, 7) is 5.22. The van der Waals surface area contributed by atoms with E-state index in [1.807, 2.05) is 60.7 Å². The molecule has 0 radical (unpaired) electrons. The fourth-order valence-electron chi connectivity index (χ4n) is 3.02. The van der Waals surface area contributed by atoms with Gasteiger partial charge in [-0.3, -0.25) is 4.79 Å². The molecule has 0 aliphatic heterocycles. The molecule has 2 aromatic carbocycles. The van der Waals surface area contributed by atoms with Crippen molar-refractivity contribution in [2.75, 3.05) is 0 Å². The number of hydrogen-bond donors (Lipinski definition) is 3. The Morgan fingerprint density at radius 3 is 1.91 bits per heavy atom. The van der Waals surface area contributed by atoms with Gasteiger partial charge in [-0.15, -0.1) is 0 Å². The number of carbonyl (C=O) groups excluding carboxylic acids is 2. The van der Waals surface area contributed by atoms with Crippen LogP contribution in [0.25, 0.3) is 0 Å². The molecule has 0 aromatic heterocycles. The number of ether oxygens (including phenoxy) is 2. The molecule has 8 nitrogen and oxygen atoms in total. The van der Waals surface area contributed by atoms with E-state index in [-0.39, 0.29) is 13.0 Å². The lowest BCUT2D eigenvalue weighted by molar-refractivity contribution is -0.137. The van der Waals surface area contributed by atoms with Crippen molar-refractivity contribution in [3.8, 4) is 0 Å². The third-order valence-electron chi connectivity index (χ3n) is 4.40. The summed E-state index contributed by atoms with van der Waals surface area (Å²) in [6.07, 6.45) is -1.59. The van der Waals surface area contributed by atoms with Crippen LogP contribution in [-0.4, -0.2) is 40.9 Å². The Hall–Kier alpha value is -3.55. The molecule has 0 aliphatic rings. The first-order chi connectivity index (χ1) is 15.1. The van der Waals surface area contributed by atoms with Gasteiger partial charge in [-0.05, 0) is 38.3 Å². The van der Waals surface area contributed by atoms with Gasteiger partial charge in [0.05, 0.1) is 18.5 Å². The predicted molar refractivity (Wildman–Crippen MR) is 119 cm³/mol. The Bertz CT molecular complexity index is 880. The van der Waals surface area contributed by atoms with E-state index < -0.39 is 42.3 Å². The van der Waals surface area contributed by atoms with Crippen molar-refractivity contribution >= 4 is 18.2 Å². The zero-order valence-corrected chi connectivity index (χ0v) is 18.5. The zero-order chi connectivity index (χ0) is 23.6. The highest BCUT2D eigenvalue weighted by atomic mass is 16.6. The smallest absolute Gasteiger partial charge is 0.407 e. The second-order valence-electron chi connectivity index (χ2n) is 8.35. The van der Waals surface area contributed by atoms with E-state index in [2.05, 4.69) is 10.6 Å². The summed E-state index contributed by atoms with van der Waals surface area (Å²) in [5.74, 6) is -1.12.